The summed E-state index contributed by atoms with van der Waals surface area (Å²) >= 11 is 0. The average Bonchev–Trinajstić information content (AvgIpc) is 2.28. The van der Waals surface area contributed by atoms with Crippen LogP contribution in [0, 0.1) is 13.8 Å². The fraction of sp³-hybridized carbons (Fsp3) is 0.400. The Hall–Kier alpha value is -1.57. The van der Waals surface area contributed by atoms with Crippen molar-refractivity contribution < 1.29 is 0 Å². The van der Waals surface area contributed by atoms with Crippen molar-refractivity contribution in [2.75, 3.05) is 5.73 Å². The molecule has 0 unspecified atom stereocenters. The summed E-state index contributed by atoms with van der Waals surface area (Å²) < 4.78 is 0. The lowest BCUT2D eigenvalue weighted by Crippen LogP contribution is -2.10. The molecule has 0 radical (unpaired) electrons. The summed E-state index contributed by atoms with van der Waals surface area (Å²) in [5, 5.41) is 1.16. The van der Waals surface area contributed by atoms with E-state index in [4.69, 9.17) is 10.7 Å². The molecule has 0 spiro atoms. The lowest BCUT2D eigenvalue weighted by Gasteiger charge is -2.19. The van der Waals surface area contributed by atoms with E-state index in [1.165, 1.54) is 35.2 Å². The molecule has 1 aliphatic carbocycles. The number of aromatic nitrogens is 1. The van der Waals surface area contributed by atoms with E-state index in [-0.39, 0.29) is 0 Å². The zero-order valence-electron chi connectivity index (χ0n) is 10.5. The van der Waals surface area contributed by atoms with Gasteiger partial charge in [0.2, 0.25) is 0 Å². The van der Waals surface area contributed by atoms with Gasteiger partial charge < -0.3 is 5.73 Å². The first-order valence-corrected chi connectivity index (χ1v) is 6.35. The van der Waals surface area contributed by atoms with Crippen LogP contribution < -0.4 is 5.73 Å². The average molecular weight is 226 g/mol. The van der Waals surface area contributed by atoms with Gasteiger partial charge in [0.1, 0.15) is 0 Å². The van der Waals surface area contributed by atoms with Crippen LogP contribution in [0.3, 0.4) is 0 Å². The minimum atomic E-state index is 0.974. The highest BCUT2D eigenvalue weighted by atomic mass is 14.7. The molecule has 0 fully saturated rings. The van der Waals surface area contributed by atoms with Gasteiger partial charge in [-0.3, -0.25) is 4.98 Å². The molecule has 17 heavy (non-hydrogen) atoms. The Morgan fingerprint density at radius 3 is 2.71 bits per heavy atom. The Kier molecular flexibility index (Phi) is 2.32. The molecule has 2 aromatic rings. The van der Waals surface area contributed by atoms with Gasteiger partial charge in [0, 0.05) is 16.8 Å². The molecule has 1 aliphatic rings. The molecular formula is C15H18N2. The molecule has 1 aromatic heterocycles. The van der Waals surface area contributed by atoms with Gasteiger partial charge in [-0.05, 0) is 62.3 Å². The first-order chi connectivity index (χ1) is 8.16. The lowest BCUT2D eigenvalue weighted by molar-refractivity contribution is 0.673. The van der Waals surface area contributed by atoms with Crippen molar-refractivity contribution in [1.29, 1.82) is 0 Å². The van der Waals surface area contributed by atoms with E-state index in [1.807, 2.05) is 0 Å². The van der Waals surface area contributed by atoms with E-state index in [9.17, 15) is 0 Å². The van der Waals surface area contributed by atoms with Gasteiger partial charge in [-0.15, -0.1) is 0 Å². The van der Waals surface area contributed by atoms with Crippen molar-refractivity contribution in [1.82, 2.24) is 4.98 Å². The van der Waals surface area contributed by atoms with Crippen LogP contribution in [0.15, 0.2) is 12.1 Å². The van der Waals surface area contributed by atoms with Crippen LogP contribution in [0.2, 0.25) is 0 Å². The monoisotopic (exact) mass is 226 g/mol. The number of nitrogen functional groups attached to an aromatic ring is 1. The first kappa shape index (κ1) is 10.6. The fourth-order valence-corrected chi connectivity index (χ4v) is 2.98. The highest BCUT2D eigenvalue weighted by Crippen LogP contribution is 2.33. The predicted molar refractivity (Wildman–Crippen MR) is 72.3 cm³/mol. The Morgan fingerprint density at radius 2 is 1.88 bits per heavy atom. The number of nitrogens with zero attached hydrogens (tertiary/aromatic N) is 1. The highest BCUT2D eigenvalue weighted by molar-refractivity contribution is 5.95. The van der Waals surface area contributed by atoms with Gasteiger partial charge in [-0.25, -0.2) is 0 Å². The van der Waals surface area contributed by atoms with Gasteiger partial charge in [-0.1, -0.05) is 6.07 Å². The molecule has 2 nitrogen and oxygen atoms in total. The van der Waals surface area contributed by atoms with Crippen LogP contribution in [0.25, 0.3) is 10.9 Å². The third-order valence-electron chi connectivity index (χ3n) is 3.75. The second kappa shape index (κ2) is 3.73. The second-order valence-corrected chi connectivity index (χ2v) is 5.13. The SMILES string of the molecule is Cc1cc(C)c2c(N)c3c(nc2c1)CCCC3. The maximum atomic E-state index is 6.35. The van der Waals surface area contributed by atoms with Crippen LogP contribution in [-0.2, 0) is 12.8 Å². The maximum absolute atomic E-state index is 6.35. The number of benzene rings is 1. The number of hydrogen-bond acceptors (Lipinski definition) is 2. The minimum Gasteiger partial charge on any atom is -0.398 e. The van der Waals surface area contributed by atoms with Crippen LogP contribution in [0.4, 0.5) is 5.69 Å². The zero-order chi connectivity index (χ0) is 12.0. The first-order valence-electron chi connectivity index (χ1n) is 6.35. The molecule has 0 saturated heterocycles. The molecule has 1 heterocycles. The molecule has 0 bridgehead atoms. The second-order valence-electron chi connectivity index (χ2n) is 5.13. The third-order valence-corrected chi connectivity index (χ3v) is 3.75. The van der Waals surface area contributed by atoms with Gasteiger partial charge >= 0.3 is 0 Å². The van der Waals surface area contributed by atoms with Crippen molar-refractivity contribution >= 4 is 16.6 Å². The Labute approximate surface area is 102 Å². The molecule has 2 N–H and O–H groups in total. The summed E-state index contributed by atoms with van der Waals surface area (Å²) in [6.07, 6.45) is 4.67. The summed E-state index contributed by atoms with van der Waals surface area (Å²) in [7, 11) is 0. The minimum absolute atomic E-state index is 0.974. The van der Waals surface area contributed by atoms with E-state index < -0.39 is 0 Å². The largest absolute Gasteiger partial charge is 0.398 e. The molecular weight excluding hydrogens is 208 g/mol. The Bertz CT molecular complexity index is 600. The number of fused-ring (bicyclic) bond motifs is 2. The number of aryl methyl sites for hydroxylation is 3. The van der Waals surface area contributed by atoms with E-state index in [0.29, 0.717) is 0 Å². The number of hydrogen-bond donors (Lipinski definition) is 1. The molecule has 0 saturated carbocycles. The van der Waals surface area contributed by atoms with Crippen LogP contribution in [0.5, 0.6) is 0 Å². The Morgan fingerprint density at radius 1 is 1.12 bits per heavy atom. The van der Waals surface area contributed by atoms with E-state index in [1.54, 1.807) is 0 Å². The summed E-state index contributed by atoms with van der Waals surface area (Å²) in [5.74, 6) is 0. The predicted octanol–water partition coefficient (Wildman–Crippen LogP) is 3.31. The smallest absolute Gasteiger partial charge is 0.0731 e. The summed E-state index contributed by atoms with van der Waals surface area (Å²) in [4.78, 5) is 4.82. The van der Waals surface area contributed by atoms with Gasteiger partial charge in [-0.2, -0.15) is 0 Å². The fourth-order valence-electron chi connectivity index (χ4n) is 2.98. The van der Waals surface area contributed by atoms with E-state index in [2.05, 4.69) is 26.0 Å². The lowest BCUT2D eigenvalue weighted by atomic mass is 9.91. The van der Waals surface area contributed by atoms with Crippen LogP contribution in [0.1, 0.15) is 35.2 Å². The number of pyridine rings is 1. The molecule has 0 aliphatic heterocycles. The maximum Gasteiger partial charge on any atom is 0.0731 e. The molecule has 1 aromatic carbocycles. The van der Waals surface area contributed by atoms with E-state index >= 15 is 0 Å². The van der Waals surface area contributed by atoms with Crippen molar-refractivity contribution in [3.8, 4) is 0 Å². The summed E-state index contributed by atoms with van der Waals surface area (Å²) in [6, 6.07) is 4.34. The zero-order valence-corrected chi connectivity index (χ0v) is 10.5. The van der Waals surface area contributed by atoms with Crippen molar-refractivity contribution in [3.05, 3.63) is 34.5 Å². The summed E-state index contributed by atoms with van der Waals surface area (Å²) in [6.45, 7) is 4.24. The van der Waals surface area contributed by atoms with Gasteiger partial charge in [0.15, 0.2) is 0 Å². The molecule has 0 amide bonds. The van der Waals surface area contributed by atoms with Crippen LogP contribution in [-0.4, -0.2) is 4.98 Å². The van der Waals surface area contributed by atoms with Crippen LogP contribution >= 0.6 is 0 Å². The quantitative estimate of drug-likeness (QED) is 0.748. The van der Waals surface area contributed by atoms with Crippen molar-refractivity contribution in [3.63, 3.8) is 0 Å². The molecule has 2 heteroatoms. The van der Waals surface area contributed by atoms with Crippen molar-refractivity contribution in [2.24, 2.45) is 0 Å². The molecule has 3 rings (SSSR count). The molecule has 0 atom stereocenters. The van der Waals surface area contributed by atoms with Gasteiger partial charge in [0.25, 0.3) is 0 Å². The topological polar surface area (TPSA) is 38.9 Å². The highest BCUT2D eigenvalue weighted by Gasteiger charge is 2.17. The molecule has 88 valence electrons. The third kappa shape index (κ3) is 1.59. The summed E-state index contributed by atoms with van der Waals surface area (Å²) in [5.41, 5.74) is 13.4. The van der Waals surface area contributed by atoms with Crippen molar-refractivity contribution in [2.45, 2.75) is 39.5 Å². The standard InChI is InChI=1S/C15H18N2/c1-9-7-10(2)14-13(8-9)17-12-6-4-3-5-11(12)15(14)16/h7-8H,3-6H2,1-2H3,(H2,16,17). The number of rotatable bonds is 0. The van der Waals surface area contributed by atoms with E-state index in [0.717, 1.165) is 29.4 Å². The Balaban J connectivity index is 2.40. The number of anilines is 1. The normalized spacial score (nSPS) is 14.9. The van der Waals surface area contributed by atoms with Gasteiger partial charge in [0.05, 0.1) is 5.52 Å². The number of nitrogens with two attached hydrogens (primary N) is 1.